The summed E-state index contributed by atoms with van der Waals surface area (Å²) in [5.41, 5.74) is 0. The topological polar surface area (TPSA) is 27.7 Å². The smallest absolute Gasteiger partial charge is 0.373 e. The second kappa shape index (κ2) is 4.45. The minimum atomic E-state index is -2.63. The van der Waals surface area contributed by atoms with Crippen molar-refractivity contribution < 1.29 is 13.3 Å². The van der Waals surface area contributed by atoms with E-state index in [1.54, 1.807) is 6.08 Å². The van der Waals surface area contributed by atoms with Gasteiger partial charge in [-0.05, 0) is 0 Å². The predicted molar refractivity (Wildman–Crippen MR) is 46.1 cm³/mol. The Morgan fingerprint density at radius 1 is 1.18 bits per heavy atom. The van der Waals surface area contributed by atoms with Gasteiger partial charge in [0.05, 0.1) is 0 Å². The van der Waals surface area contributed by atoms with E-state index in [1.807, 2.05) is 0 Å². The van der Waals surface area contributed by atoms with Crippen LogP contribution >= 0.6 is 0 Å². The van der Waals surface area contributed by atoms with E-state index in [1.165, 1.54) is 21.3 Å². The Balaban J connectivity index is 4.52. The van der Waals surface area contributed by atoms with Crippen molar-refractivity contribution in [1.82, 2.24) is 0 Å². The Morgan fingerprint density at radius 3 is 1.64 bits per heavy atom. The first-order valence-electron chi connectivity index (χ1n) is 3.14. The molecule has 11 heavy (non-hydrogen) atoms. The van der Waals surface area contributed by atoms with Crippen LogP contribution in [0, 0.1) is 0 Å². The van der Waals surface area contributed by atoms with Crippen LogP contribution in [-0.2, 0) is 13.3 Å². The van der Waals surface area contributed by atoms with Crippen molar-refractivity contribution in [2.75, 3.05) is 21.3 Å². The van der Waals surface area contributed by atoms with Crippen LogP contribution in [0.4, 0.5) is 0 Å². The van der Waals surface area contributed by atoms with Crippen LogP contribution in [0.15, 0.2) is 24.4 Å². The molecule has 0 bridgehead atoms. The molecule has 0 aliphatic carbocycles. The fourth-order valence-electron chi connectivity index (χ4n) is 0.768. The molecular formula is C7H14O3Si. The summed E-state index contributed by atoms with van der Waals surface area (Å²) in [7, 11) is 1.97. The second-order valence-corrected chi connectivity index (χ2v) is 4.88. The van der Waals surface area contributed by atoms with Gasteiger partial charge in [-0.15, -0.1) is 0 Å². The van der Waals surface area contributed by atoms with Crippen LogP contribution in [0.25, 0.3) is 0 Å². The lowest BCUT2D eigenvalue weighted by molar-refractivity contribution is 0.136. The zero-order valence-corrected chi connectivity index (χ0v) is 8.22. The summed E-state index contributed by atoms with van der Waals surface area (Å²) in [6.07, 6.45) is 1.59. The Morgan fingerprint density at radius 2 is 1.55 bits per heavy atom. The highest BCUT2D eigenvalue weighted by Gasteiger charge is 2.40. The zero-order valence-electron chi connectivity index (χ0n) is 7.22. The standard InChI is InChI=1S/C7H14O3Si/c1-6-7(2)11(8-3,9-4)10-5/h6H,1-2H2,3-5H3. The van der Waals surface area contributed by atoms with Crippen LogP contribution in [0.3, 0.4) is 0 Å². The summed E-state index contributed by atoms with van der Waals surface area (Å²) >= 11 is 0. The van der Waals surface area contributed by atoms with Crippen molar-refractivity contribution in [2.24, 2.45) is 0 Å². The normalized spacial score (nSPS) is 11.2. The van der Waals surface area contributed by atoms with E-state index in [0.29, 0.717) is 5.20 Å². The van der Waals surface area contributed by atoms with Crippen LogP contribution in [0.1, 0.15) is 0 Å². The lowest BCUT2D eigenvalue weighted by Crippen LogP contribution is -2.44. The molecule has 0 aliphatic heterocycles. The molecule has 0 N–H and O–H groups in total. The molecule has 0 aliphatic rings. The molecule has 0 aromatic heterocycles. The first kappa shape index (κ1) is 10.6. The van der Waals surface area contributed by atoms with Gasteiger partial charge in [0.25, 0.3) is 0 Å². The van der Waals surface area contributed by atoms with Gasteiger partial charge < -0.3 is 13.3 Å². The van der Waals surface area contributed by atoms with Crippen molar-refractivity contribution >= 4 is 8.80 Å². The molecule has 0 atom stereocenters. The molecule has 0 saturated carbocycles. The average molecular weight is 174 g/mol. The summed E-state index contributed by atoms with van der Waals surface area (Å²) in [5.74, 6) is 0. The number of hydrogen-bond donors (Lipinski definition) is 0. The molecule has 64 valence electrons. The maximum atomic E-state index is 5.11. The molecule has 0 rings (SSSR count). The van der Waals surface area contributed by atoms with Gasteiger partial charge in [0.15, 0.2) is 0 Å². The van der Waals surface area contributed by atoms with E-state index in [4.69, 9.17) is 13.3 Å². The summed E-state index contributed by atoms with van der Waals surface area (Å²) in [6.45, 7) is 7.29. The van der Waals surface area contributed by atoms with Crippen molar-refractivity contribution in [3.8, 4) is 0 Å². The number of rotatable bonds is 5. The molecule has 0 saturated heterocycles. The monoisotopic (exact) mass is 174 g/mol. The third-order valence-electron chi connectivity index (χ3n) is 1.45. The fraction of sp³-hybridized carbons (Fsp3) is 0.429. The Kier molecular flexibility index (Phi) is 4.28. The minimum Gasteiger partial charge on any atom is -0.373 e. The Hall–Kier alpha value is -0.423. The van der Waals surface area contributed by atoms with Gasteiger partial charge in [0.2, 0.25) is 0 Å². The van der Waals surface area contributed by atoms with Gasteiger partial charge >= 0.3 is 8.80 Å². The molecule has 0 amide bonds. The average Bonchev–Trinajstić information content (AvgIpc) is 2.08. The molecule has 0 aromatic carbocycles. The van der Waals surface area contributed by atoms with Gasteiger partial charge in [-0.1, -0.05) is 19.2 Å². The highest BCUT2D eigenvalue weighted by molar-refractivity contribution is 6.69. The van der Waals surface area contributed by atoms with E-state index in [-0.39, 0.29) is 0 Å². The number of hydrogen-bond acceptors (Lipinski definition) is 3. The van der Waals surface area contributed by atoms with Gasteiger partial charge in [-0.2, -0.15) is 0 Å². The largest absolute Gasteiger partial charge is 0.535 e. The van der Waals surface area contributed by atoms with E-state index in [9.17, 15) is 0 Å². The van der Waals surface area contributed by atoms with E-state index < -0.39 is 8.80 Å². The first-order chi connectivity index (χ1) is 5.16. The van der Waals surface area contributed by atoms with Crippen LogP contribution in [0.5, 0.6) is 0 Å². The lowest BCUT2D eigenvalue weighted by atomic mass is 10.6. The third kappa shape index (κ3) is 2.00. The molecule has 3 nitrogen and oxygen atoms in total. The van der Waals surface area contributed by atoms with Gasteiger partial charge in [0.1, 0.15) is 0 Å². The van der Waals surface area contributed by atoms with E-state index in [2.05, 4.69) is 13.2 Å². The van der Waals surface area contributed by atoms with E-state index >= 15 is 0 Å². The molecular weight excluding hydrogens is 160 g/mol. The van der Waals surface area contributed by atoms with Crippen LogP contribution < -0.4 is 0 Å². The van der Waals surface area contributed by atoms with Crippen molar-refractivity contribution in [1.29, 1.82) is 0 Å². The maximum Gasteiger partial charge on any atom is 0.535 e. The lowest BCUT2D eigenvalue weighted by Gasteiger charge is -2.24. The van der Waals surface area contributed by atoms with Gasteiger partial charge in [-0.25, -0.2) is 0 Å². The minimum absolute atomic E-state index is 0.671. The SMILES string of the molecule is C=CC(=C)[Si](OC)(OC)OC. The molecule has 4 heteroatoms. The molecule has 0 unspecified atom stereocenters. The molecule has 0 heterocycles. The van der Waals surface area contributed by atoms with Gasteiger partial charge in [0, 0.05) is 26.5 Å². The first-order valence-corrected chi connectivity index (χ1v) is 4.86. The Bertz CT molecular complexity index is 144. The summed E-state index contributed by atoms with van der Waals surface area (Å²) in [4.78, 5) is 0. The molecule has 0 aromatic rings. The predicted octanol–water partition coefficient (Wildman–Crippen LogP) is 1.15. The summed E-state index contributed by atoms with van der Waals surface area (Å²) in [6, 6.07) is 0. The highest BCUT2D eigenvalue weighted by atomic mass is 28.4. The molecule has 0 spiro atoms. The van der Waals surface area contributed by atoms with Crippen LogP contribution in [0.2, 0.25) is 0 Å². The number of allylic oxidation sites excluding steroid dienone is 2. The third-order valence-corrected chi connectivity index (χ3v) is 4.05. The van der Waals surface area contributed by atoms with Crippen molar-refractivity contribution in [3.05, 3.63) is 24.4 Å². The molecule has 0 fully saturated rings. The quantitative estimate of drug-likeness (QED) is 0.462. The second-order valence-electron chi connectivity index (χ2n) is 1.90. The Labute approximate surface area is 68.6 Å². The van der Waals surface area contributed by atoms with E-state index in [0.717, 1.165) is 0 Å². The van der Waals surface area contributed by atoms with Crippen molar-refractivity contribution in [2.45, 2.75) is 0 Å². The highest BCUT2D eigenvalue weighted by Crippen LogP contribution is 2.15. The fourth-order valence-corrected chi connectivity index (χ4v) is 2.30. The summed E-state index contributed by atoms with van der Waals surface area (Å²) in [5, 5.41) is 0.671. The van der Waals surface area contributed by atoms with Gasteiger partial charge in [-0.3, -0.25) is 0 Å². The zero-order chi connectivity index (χ0) is 8.91. The van der Waals surface area contributed by atoms with Crippen LogP contribution in [-0.4, -0.2) is 30.1 Å². The summed E-state index contributed by atoms with van der Waals surface area (Å²) < 4.78 is 15.3. The van der Waals surface area contributed by atoms with Crippen molar-refractivity contribution in [3.63, 3.8) is 0 Å². The maximum absolute atomic E-state index is 5.11. The molecule has 0 radical (unpaired) electrons.